The maximum Gasteiger partial charge on any atom is 0.227 e. The van der Waals surface area contributed by atoms with E-state index in [2.05, 4.69) is 10.3 Å². The highest BCUT2D eigenvalue weighted by atomic mass is 16.5. The number of ether oxygens (including phenoxy) is 2. The second-order valence-corrected chi connectivity index (χ2v) is 6.33. The van der Waals surface area contributed by atoms with E-state index in [0.29, 0.717) is 19.0 Å². The fourth-order valence-electron chi connectivity index (χ4n) is 3.12. The Balaban J connectivity index is 1.59. The number of hydrogen-bond donors (Lipinski definition) is 1. The molecule has 0 saturated carbocycles. The zero-order valence-electron chi connectivity index (χ0n) is 14.4. The molecule has 0 bridgehead atoms. The third-order valence-electron chi connectivity index (χ3n) is 4.54. The molecule has 0 atom stereocenters. The summed E-state index contributed by atoms with van der Waals surface area (Å²) < 4.78 is 11.2. The van der Waals surface area contributed by atoms with Gasteiger partial charge in [-0.1, -0.05) is 18.2 Å². The Morgan fingerprint density at radius 2 is 1.85 bits per heavy atom. The summed E-state index contributed by atoms with van der Waals surface area (Å²) in [6, 6.07) is 17.1. The van der Waals surface area contributed by atoms with E-state index >= 15 is 0 Å². The summed E-state index contributed by atoms with van der Waals surface area (Å²) >= 11 is 0. The van der Waals surface area contributed by atoms with Crippen molar-refractivity contribution in [2.45, 2.75) is 12.8 Å². The lowest BCUT2D eigenvalue weighted by atomic mass is 9.99. The van der Waals surface area contributed by atoms with E-state index < -0.39 is 0 Å². The van der Waals surface area contributed by atoms with Gasteiger partial charge in [-0.15, -0.1) is 0 Å². The molecule has 1 amide bonds. The highest BCUT2D eigenvalue weighted by Gasteiger charge is 2.22. The molecule has 1 aliphatic heterocycles. The predicted octanol–water partition coefficient (Wildman–Crippen LogP) is 4.39. The van der Waals surface area contributed by atoms with E-state index in [4.69, 9.17) is 9.47 Å². The monoisotopic (exact) mass is 348 g/mol. The van der Waals surface area contributed by atoms with Gasteiger partial charge in [-0.05, 0) is 49.2 Å². The number of nitrogens with zero attached hydrogens (tertiary/aromatic N) is 1. The minimum atomic E-state index is -0.00397. The van der Waals surface area contributed by atoms with Crippen LogP contribution in [0.1, 0.15) is 12.8 Å². The van der Waals surface area contributed by atoms with E-state index in [1.165, 1.54) is 0 Å². The van der Waals surface area contributed by atoms with Crippen LogP contribution in [0.25, 0.3) is 10.9 Å². The van der Waals surface area contributed by atoms with Crippen molar-refractivity contribution in [3.8, 4) is 11.5 Å². The first kappa shape index (κ1) is 16.5. The van der Waals surface area contributed by atoms with Crippen LogP contribution < -0.4 is 10.1 Å². The van der Waals surface area contributed by atoms with Crippen molar-refractivity contribution in [2.75, 3.05) is 18.5 Å². The summed E-state index contributed by atoms with van der Waals surface area (Å²) in [5.41, 5.74) is 1.57. The Morgan fingerprint density at radius 3 is 2.65 bits per heavy atom. The second-order valence-electron chi connectivity index (χ2n) is 6.33. The van der Waals surface area contributed by atoms with Crippen LogP contribution >= 0.6 is 0 Å². The van der Waals surface area contributed by atoms with Crippen LogP contribution in [0.2, 0.25) is 0 Å². The number of carbonyl (C=O) groups is 1. The van der Waals surface area contributed by atoms with Gasteiger partial charge in [0, 0.05) is 30.7 Å². The molecule has 0 radical (unpaired) electrons. The molecule has 0 spiro atoms. The maximum atomic E-state index is 12.6. The molecular formula is C21H20N2O3. The van der Waals surface area contributed by atoms with Gasteiger partial charge in [-0.3, -0.25) is 9.78 Å². The molecule has 0 unspecified atom stereocenters. The lowest BCUT2D eigenvalue weighted by Crippen LogP contribution is -2.28. The third-order valence-corrected chi connectivity index (χ3v) is 4.54. The molecule has 1 aliphatic rings. The van der Waals surface area contributed by atoms with Gasteiger partial charge < -0.3 is 14.8 Å². The quantitative estimate of drug-likeness (QED) is 0.759. The van der Waals surface area contributed by atoms with Gasteiger partial charge in [0.15, 0.2) is 0 Å². The van der Waals surface area contributed by atoms with E-state index in [1.54, 1.807) is 6.20 Å². The average molecular weight is 348 g/mol. The number of pyridine rings is 1. The Morgan fingerprint density at radius 1 is 1.04 bits per heavy atom. The molecule has 1 saturated heterocycles. The van der Waals surface area contributed by atoms with Crippen molar-refractivity contribution < 1.29 is 14.3 Å². The first-order valence-corrected chi connectivity index (χ1v) is 8.80. The van der Waals surface area contributed by atoms with Gasteiger partial charge in [-0.2, -0.15) is 0 Å². The van der Waals surface area contributed by atoms with Crippen molar-refractivity contribution >= 4 is 22.5 Å². The number of rotatable bonds is 4. The first-order valence-electron chi connectivity index (χ1n) is 8.80. The van der Waals surface area contributed by atoms with Gasteiger partial charge in [0.25, 0.3) is 0 Å². The Kier molecular flexibility index (Phi) is 4.80. The van der Waals surface area contributed by atoms with E-state index in [9.17, 15) is 4.79 Å². The van der Waals surface area contributed by atoms with Crippen molar-refractivity contribution in [3.63, 3.8) is 0 Å². The van der Waals surface area contributed by atoms with Crippen LogP contribution in [0.15, 0.2) is 60.8 Å². The zero-order valence-corrected chi connectivity index (χ0v) is 14.4. The van der Waals surface area contributed by atoms with Crippen molar-refractivity contribution in [2.24, 2.45) is 5.92 Å². The highest BCUT2D eigenvalue weighted by molar-refractivity contribution is 6.02. The van der Waals surface area contributed by atoms with E-state index in [1.807, 2.05) is 54.6 Å². The summed E-state index contributed by atoms with van der Waals surface area (Å²) in [6.45, 7) is 1.29. The SMILES string of the molecule is O=C(Nc1ccnc2ccc(Oc3ccccc3)cc12)C1CCOCC1. The summed E-state index contributed by atoms with van der Waals surface area (Å²) in [5, 5.41) is 3.92. The zero-order chi connectivity index (χ0) is 17.8. The number of benzene rings is 2. The molecule has 1 aromatic heterocycles. The smallest absolute Gasteiger partial charge is 0.227 e. The molecule has 5 nitrogen and oxygen atoms in total. The van der Waals surface area contributed by atoms with Gasteiger partial charge in [0.1, 0.15) is 11.5 Å². The van der Waals surface area contributed by atoms with Crippen LogP contribution in [0.5, 0.6) is 11.5 Å². The number of fused-ring (bicyclic) bond motifs is 1. The molecule has 4 rings (SSSR count). The van der Waals surface area contributed by atoms with Gasteiger partial charge in [0.05, 0.1) is 11.2 Å². The van der Waals surface area contributed by atoms with Crippen molar-refractivity contribution in [1.82, 2.24) is 4.98 Å². The molecule has 3 aromatic rings. The average Bonchev–Trinajstić information content (AvgIpc) is 2.70. The van der Waals surface area contributed by atoms with Crippen molar-refractivity contribution in [1.29, 1.82) is 0 Å². The molecular weight excluding hydrogens is 328 g/mol. The standard InChI is InChI=1S/C21H20N2O3/c24-21(15-9-12-25-13-10-15)23-20-8-11-22-19-7-6-17(14-18(19)20)26-16-4-2-1-3-5-16/h1-8,11,14-15H,9-10,12-13H2,(H,22,23,24). The molecule has 0 aliphatic carbocycles. The number of amides is 1. The summed E-state index contributed by atoms with van der Waals surface area (Å²) in [5.74, 6) is 1.51. The van der Waals surface area contributed by atoms with Crippen LogP contribution in [-0.4, -0.2) is 24.1 Å². The minimum Gasteiger partial charge on any atom is -0.457 e. The lowest BCUT2D eigenvalue weighted by Gasteiger charge is -2.21. The maximum absolute atomic E-state index is 12.6. The Labute approximate surface area is 152 Å². The number of nitrogens with one attached hydrogen (secondary N) is 1. The minimum absolute atomic E-state index is 0.00397. The van der Waals surface area contributed by atoms with Crippen molar-refractivity contribution in [3.05, 3.63) is 60.8 Å². The van der Waals surface area contributed by atoms with Gasteiger partial charge >= 0.3 is 0 Å². The Hall–Kier alpha value is -2.92. The number of para-hydroxylation sites is 1. The highest BCUT2D eigenvalue weighted by Crippen LogP contribution is 2.29. The molecule has 132 valence electrons. The largest absolute Gasteiger partial charge is 0.457 e. The van der Waals surface area contributed by atoms with Crippen LogP contribution in [-0.2, 0) is 9.53 Å². The van der Waals surface area contributed by atoms with E-state index in [-0.39, 0.29) is 11.8 Å². The fourth-order valence-corrected chi connectivity index (χ4v) is 3.12. The molecule has 2 heterocycles. The van der Waals surface area contributed by atoms with Crippen LogP contribution in [0.4, 0.5) is 5.69 Å². The van der Waals surface area contributed by atoms with Gasteiger partial charge in [0.2, 0.25) is 5.91 Å². The molecule has 26 heavy (non-hydrogen) atoms. The molecule has 5 heteroatoms. The van der Waals surface area contributed by atoms with Crippen LogP contribution in [0.3, 0.4) is 0 Å². The van der Waals surface area contributed by atoms with Crippen LogP contribution in [0, 0.1) is 5.92 Å². The number of aromatic nitrogens is 1. The summed E-state index contributed by atoms with van der Waals surface area (Å²) in [6.07, 6.45) is 3.23. The summed E-state index contributed by atoms with van der Waals surface area (Å²) in [4.78, 5) is 17.0. The second kappa shape index (κ2) is 7.54. The third kappa shape index (κ3) is 3.68. The lowest BCUT2D eigenvalue weighted by molar-refractivity contribution is -0.122. The molecule has 1 N–H and O–H groups in total. The first-order chi connectivity index (χ1) is 12.8. The normalized spacial score (nSPS) is 14.9. The molecule has 2 aromatic carbocycles. The number of carbonyl (C=O) groups excluding carboxylic acids is 1. The topological polar surface area (TPSA) is 60.5 Å². The Bertz CT molecular complexity index is 906. The summed E-state index contributed by atoms with van der Waals surface area (Å²) in [7, 11) is 0. The molecule has 1 fully saturated rings. The fraction of sp³-hybridized carbons (Fsp3) is 0.238. The van der Waals surface area contributed by atoms with E-state index in [0.717, 1.165) is 35.2 Å². The van der Waals surface area contributed by atoms with Gasteiger partial charge in [-0.25, -0.2) is 0 Å². The number of anilines is 1. The number of hydrogen-bond acceptors (Lipinski definition) is 4. The predicted molar refractivity (Wildman–Crippen MR) is 100 cm³/mol.